The molecule has 0 saturated carbocycles. The number of rotatable bonds is 7. The molecule has 10 heteroatoms. The minimum atomic E-state index is -0.0700. The largest absolute Gasteiger partial charge is 0.340 e. The molecule has 10 nitrogen and oxygen atoms in total. The van der Waals surface area contributed by atoms with Crippen molar-refractivity contribution in [1.29, 1.82) is 0 Å². The van der Waals surface area contributed by atoms with Crippen LogP contribution >= 0.6 is 0 Å². The first-order valence-corrected chi connectivity index (χ1v) is 9.20. The van der Waals surface area contributed by atoms with Crippen molar-refractivity contribution >= 4 is 5.91 Å². The molecule has 3 heterocycles. The van der Waals surface area contributed by atoms with Crippen molar-refractivity contribution < 1.29 is 9.32 Å². The van der Waals surface area contributed by atoms with Gasteiger partial charge in [0.15, 0.2) is 11.6 Å². The maximum atomic E-state index is 12.7. The fraction of sp³-hybridized carbons (Fsp3) is 0.750. The van der Waals surface area contributed by atoms with E-state index in [-0.39, 0.29) is 12.5 Å². The Labute approximate surface area is 152 Å². The van der Waals surface area contributed by atoms with Crippen LogP contribution in [0.3, 0.4) is 0 Å². The smallest absolute Gasteiger partial charge is 0.244 e. The first kappa shape index (κ1) is 18.4. The lowest BCUT2D eigenvalue weighted by Crippen LogP contribution is -2.35. The first-order chi connectivity index (χ1) is 12.7. The summed E-state index contributed by atoms with van der Waals surface area (Å²) in [5, 5.41) is 15.7. The maximum Gasteiger partial charge on any atom is 0.244 e. The minimum absolute atomic E-state index is 0.0700. The van der Waals surface area contributed by atoms with E-state index < -0.39 is 0 Å². The summed E-state index contributed by atoms with van der Waals surface area (Å²) in [6, 6.07) is 0. The summed E-state index contributed by atoms with van der Waals surface area (Å²) in [7, 11) is 0. The van der Waals surface area contributed by atoms with Crippen molar-refractivity contribution in [2.45, 2.75) is 59.2 Å². The number of carbonyl (C=O) groups excluding carboxylic acids is 1. The highest BCUT2D eigenvalue weighted by molar-refractivity contribution is 5.75. The van der Waals surface area contributed by atoms with Crippen LogP contribution in [0.25, 0.3) is 0 Å². The van der Waals surface area contributed by atoms with Crippen LogP contribution < -0.4 is 0 Å². The number of hydrogen-bond donors (Lipinski definition) is 0. The second-order valence-corrected chi connectivity index (χ2v) is 6.58. The predicted octanol–water partition coefficient (Wildman–Crippen LogP) is 0.789. The fourth-order valence-corrected chi connectivity index (χ4v) is 3.13. The molecule has 1 aliphatic heterocycles. The number of aromatic nitrogens is 6. The molecule has 3 rings (SSSR count). The van der Waals surface area contributed by atoms with Gasteiger partial charge in [-0.15, -0.1) is 5.10 Å². The zero-order valence-corrected chi connectivity index (χ0v) is 15.5. The number of aryl methyl sites for hydroxylation is 1. The Morgan fingerprint density at radius 1 is 1.23 bits per heavy atom. The van der Waals surface area contributed by atoms with Crippen LogP contribution in [0, 0.1) is 6.92 Å². The lowest BCUT2D eigenvalue weighted by Gasteiger charge is -2.21. The highest BCUT2D eigenvalue weighted by Crippen LogP contribution is 2.12. The number of likely N-dealkylation sites (tertiary alicyclic amines) is 1. The van der Waals surface area contributed by atoms with E-state index in [0.717, 1.165) is 18.9 Å². The Bertz CT molecular complexity index is 705. The number of hydrogen-bond acceptors (Lipinski definition) is 8. The van der Waals surface area contributed by atoms with Crippen LogP contribution in [0.5, 0.6) is 0 Å². The predicted molar refractivity (Wildman–Crippen MR) is 91.7 cm³/mol. The number of tetrazole rings is 1. The van der Waals surface area contributed by atoms with Gasteiger partial charge in [-0.1, -0.05) is 18.0 Å². The van der Waals surface area contributed by atoms with Crippen molar-refractivity contribution in [2.75, 3.05) is 19.6 Å². The zero-order chi connectivity index (χ0) is 18.4. The first-order valence-electron chi connectivity index (χ1n) is 9.20. The van der Waals surface area contributed by atoms with Gasteiger partial charge in [-0.25, -0.2) is 4.68 Å². The molecule has 0 radical (unpaired) electrons. The normalized spacial score (nSPS) is 15.8. The summed E-state index contributed by atoms with van der Waals surface area (Å²) in [6.07, 6.45) is 4.96. The Morgan fingerprint density at radius 3 is 2.65 bits per heavy atom. The van der Waals surface area contributed by atoms with Gasteiger partial charge < -0.3 is 9.42 Å². The van der Waals surface area contributed by atoms with Crippen molar-refractivity contribution in [2.24, 2.45) is 0 Å². The second kappa shape index (κ2) is 8.84. The highest BCUT2D eigenvalue weighted by atomic mass is 16.5. The van der Waals surface area contributed by atoms with Crippen LogP contribution in [0.15, 0.2) is 4.52 Å². The Kier molecular flexibility index (Phi) is 6.26. The number of likely N-dealkylation sites (N-methyl/N-ethyl adjacent to an activating group) is 1. The van der Waals surface area contributed by atoms with Gasteiger partial charge in [-0.05, 0) is 43.3 Å². The van der Waals surface area contributed by atoms with E-state index in [9.17, 15) is 4.79 Å². The molecule has 0 N–H and O–H groups in total. The van der Waals surface area contributed by atoms with Crippen molar-refractivity contribution in [3.05, 3.63) is 17.5 Å². The van der Waals surface area contributed by atoms with Crippen molar-refractivity contribution in [3.63, 3.8) is 0 Å². The van der Waals surface area contributed by atoms with Crippen LogP contribution in [0.1, 0.15) is 50.1 Å². The molecule has 0 aromatic carbocycles. The molecule has 26 heavy (non-hydrogen) atoms. The molecule has 1 fully saturated rings. The molecule has 142 valence electrons. The molecular weight excluding hydrogens is 336 g/mol. The van der Waals surface area contributed by atoms with E-state index in [1.807, 2.05) is 6.92 Å². The van der Waals surface area contributed by atoms with Gasteiger partial charge in [0.2, 0.25) is 11.8 Å². The molecule has 0 aliphatic carbocycles. The molecular formula is C16H26N8O2. The van der Waals surface area contributed by atoms with E-state index in [0.29, 0.717) is 31.3 Å². The van der Waals surface area contributed by atoms with Crippen molar-refractivity contribution in [1.82, 2.24) is 40.1 Å². The molecule has 1 amide bonds. The van der Waals surface area contributed by atoms with E-state index >= 15 is 0 Å². The van der Waals surface area contributed by atoms with Gasteiger partial charge in [0.25, 0.3) is 0 Å². The van der Waals surface area contributed by atoms with Gasteiger partial charge in [-0.2, -0.15) is 4.98 Å². The minimum Gasteiger partial charge on any atom is -0.340 e. The van der Waals surface area contributed by atoms with Gasteiger partial charge in [0.05, 0.1) is 13.1 Å². The Balaban J connectivity index is 1.60. The molecule has 2 aromatic rings. The zero-order valence-electron chi connectivity index (χ0n) is 15.5. The molecule has 0 bridgehead atoms. The molecule has 0 unspecified atom stereocenters. The number of carbonyl (C=O) groups is 1. The summed E-state index contributed by atoms with van der Waals surface area (Å²) >= 11 is 0. The summed E-state index contributed by atoms with van der Waals surface area (Å²) in [5.41, 5.74) is 0. The van der Waals surface area contributed by atoms with E-state index in [4.69, 9.17) is 4.52 Å². The standard InChI is InChI=1S/C16H26N8O2/c1-3-23(10-14-17-13(2)26-19-14)16(25)12-24-15(18-20-21-24)11-22-8-6-4-5-7-9-22/h3-12H2,1-2H3. The molecule has 2 aromatic heterocycles. The van der Waals surface area contributed by atoms with Crippen molar-refractivity contribution in [3.8, 4) is 0 Å². The average molecular weight is 362 g/mol. The Morgan fingerprint density at radius 2 is 2.00 bits per heavy atom. The van der Waals surface area contributed by atoms with Gasteiger partial charge in [-0.3, -0.25) is 9.69 Å². The molecule has 1 saturated heterocycles. The quantitative estimate of drug-likeness (QED) is 0.712. The number of nitrogens with zero attached hydrogens (tertiary/aromatic N) is 8. The third-order valence-corrected chi connectivity index (χ3v) is 4.59. The van der Waals surface area contributed by atoms with Gasteiger partial charge in [0.1, 0.15) is 6.54 Å². The fourth-order valence-electron chi connectivity index (χ4n) is 3.13. The highest BCUT2D eigenvalue weighted by Gasteiger charge is 2.19. The summed E-state index contributed by atoms with van der Waals surface area (Å²) in [4.78, 5) is 20.8. The van der Waals surface area contributed by atoms with Crippen LogP contribution in [-0.2, 0) is 24.4 Å². The number of amides is 1. The third-order valence-electron chi connectivity index (χ3n) is 4.59. The van der Waals surface area contributed by atoms with Gasteiger partial charge >= 0.3 is 0 Å². The maximum absolute atomic E-state index is 12.7. The monoisotopic (exact) mass is 362 g/mol. The van der Waals surface area contributed by atoms with E-state index in [1.54, 1.807) is 16.5 Å². The lowest BCUT2D eigenvalue weighted by molar-refractivity contribution is -0.132. The SMILES string of the molecule is CCN(Cc1noc(C)n1)C(=O)Cn1nnnc1CN1CCCCCC1. The van der Waals surface area contributed by atoms with Crippen LogP contribution in [-0.4, -0.2) is 65.7 Å². The third kappa shape index (κ3) is 4.84. The summed E-state index contributed by atoms with van der Waals surface area (Å²) in [5.74, 6) is 1.65. The molecule has 0 atom stereocenters. The van der Waals surface area contributed by atoms with Crippen LogP contribution in [0.2, 0.25) is 0 Å². The average Bonchev–Trinajstić information content (AvgIpc) is 3.14. The Hall–Kier alpha value is -2.36. The van der Waals surface area contributed by atoms with Gasteiger partial charge in [0, 0.05) is 13.5 Å². The van der Waals surface area contributed by atoms with E-state index in [2.05, 4.69) is 30.6 Å². The molecule has 1 aliphatic rings. The topological polar surface area (TPSA) is 106 Å². The second-order valence-electron chi connectivity index (χ2n) is 6.58. The molecule has 0 spiro atoms. The van der Waals surface area contributed by atoms with Crippen LogP contribution in [0.4, 0.5) is 0 Å². The lowest BCUT2D eigenvalue weighted by atomic mass is 10.2. The summed E-state index contributed by atoms with van der Waals surface area (Å²) in [6.45, 7) is 7.41. The van der Waals surface area contributed by atoms with E-state index in [1.165, 1.54) is 25.7 Å². The summed E-state index contributed by atoms with van der Waals surface area (Å²) < 4.78 is 6.56.